The number of thiophene rings is 1. The fourth-order valence-corrected chi connectivity index (χ4v) is 2.71. The SMILES string of the molecule is Cc1sc(-c2ccnc(Cl)n2)cc1Br. The van der Waals surface area contributed by atoms with Crippen LogP contribution in [0.1, 0.15) is 4.88 Å². The molecular formula is C9H6BrClN2S. The van der Waals surface area contributed by atoms with E-state index in [0.29, 0.717) is 0 Å². The minimum atomic E-state index is 0.282. The predicted octanol–water partition coefficient (Wildman–Crippen LogP) is 3.93. The zero-order valence-electron chi connectivity index (χ0n) is 7.29. The van der Waals surface area contributed by atoms with E-state index < -0.39 is 0 Å². The van der Waals surface area contributed by atoms with Crippen LogP contribution in [0.15, 0.2) is 22.8 Å². The van der Waals surface area contributed by atoms with E-state index in [1.807, 2.05) is 12.1 Å². The number of halogens is 2. The molecule has 0 saturated carbocycles. The molecule has 72 valence electrons. The summed E-state index contributed by atoms with van der Waals surface area (Å²) in [5.41, 5.74) is 0.865. The van der Waals surface area contributed by atoms with Gasteiger partial charge in [0.25, 0.3) is 0 Å². The maximum atomic E-state index is 5.71. The van der Waals surface area contributed by atoms with Crippen LogP contribution in [0.3, 0.4) is 0 Å². The molecule has 2 aromatic rings. The number of aromatic nitrogens is 2. The average Bonchev–Trinajstić information content (AvgIpc) is 2.47. The zero-order chi connectivity index (χ0) is 10.1. The first-order chi connectivity index (χ1) is 6.66. The van der Waals surface area contributed by atoms with Crippen molar-refractivity contribution < 1.29 is 0 Å². The lowest BCUT2D eigenvalue weighted by Gasteiger charge is -1.94. The van der Waals surface area contributed by atoms with E-state index in [-0.39, 0.29) is 5.28 Å². The highest BCUT2D eigenvalue weighted by Crippen LogP contribution is 2.32. The van der Waals surface area contributed by atoms with Gasteiger partial charge in [-0.05, 0) is 46.6 Å². The largest absolute Gasteiger partial charge is 0.226 e. The highest BCUT2D eigenvalue weighted by atomic mass is 79.9. The summed E-state index contributed by atoms with van der Waals surface area (Å²) in [4.78, 5) is 10.3. The van der Waals surface area contributed by atoms with Gasteiger partial charge in [-0.25, -0.2) is 9.97 Å². The summed E-state index contributed by atoms with van der Waals surface area (Å²) in [6, 6.07) is 3.89. The molecule has 0 N–H and O–H groups in total. The number of nitrogens with zero attached hydrogens (tertiary/aromatic N) is 2. The summed E-state index contributed by atoms with van der Waals surface area (Å²) in [5, 5.41) is 0.282. The summed E-state index contributed by atoms with van der Waals surface area (Å²) < 4.78 is 1.10. The Balaban J connectivity index is 2.49. The van der Waals surface area contributed by atoms with Crippen molar-refractivity contribution in [2.24, 2.45) is 0 Å². The van der Waals surface area contributed by atoms with Crippen molar-refractivity contribution in [2.45, 2.75) is 6.92 Å². The van der Waals surface area contributed by atoms with Crippen LogP contribution in [-0.2, 0) is 0 Å². The fraction of sp³-hybridized carbons (Fsp3) is 0.111. The number of hydrogen-bond acceptors (Lipinski definition) is 3. The van der Waals surface area contributed by atoms with E-state index in [1.54, 1.807) is 17.5 Å². The molecule has 0 aliphatic heterocycles. The lowest BCUT2D eigenvalue weighted by molar-refractivity contribution is 1.18. The second-order valence-electron chi connectivity index (χ2n) is 2.73. The van der Waals surface area contributed by atoms with Gasteiger partial charge in [0, 0.05) is 15.5 Å². The first-order valence-electron chi connectivity index (χ1n) is 3.91. The van der Waals surface area contributed by atoms with E-state index in [2.05, 4.69) is 32.8 Å². The summed E-state index contributed by atoms with van der Waals surface area (Å²) in [6.45, 7) is 2.06. The molecule has 2 aromatic heterocycles. The fourth-order valence-electron chi connectivity index (χ4n) is 1.06. The third-order valence-corrected chi connectivity index (χ3v) is 4.08. The Labute approximate surface area is 99.1 Å². The van der Waals surface area contributed by atoms with Crippen molar-refractivity contribution in [1.82, 2.24) is 9.97 Å². The quantitative estimate of drug-likeness (QED) is 0.743. The highest BCUT2D eigenvalue weighted by molar-refractivity contribution is 9.10. The predicted molar refractivity (Wildman–Crippen MR) is 62.8 cm³/mol. The van der Waals surface area contributed by atoms with Gasteiger partial charge in [-0.15, -0.1) is 11.3 Å². The minimum Gasteiger partial charge on any atom is -0.226 e. The summed E-state index contributed by atoms with van der Waals surface area (Å²) in [5.74, 6) is 0. The third-order valence-electron chi connectivity index (χ3n) is 1.74. The summed E-state index contributed by atoms with van der Waals surface area (Å²) in [7, 11) is 0. The van der Waals surface area contributed by atoms with Gasteiger partial charge in [-0.1, -0.05) is 0 Å². The third kappa shape index (κ3) is 1.97. The van der Waals surface area contributed by atoms with Crippen molar-refractivity contribution in [3.8, 4) is 10.6 Å². The van der Waals surface area contributed by atoms with E-state index in [0.717, 1.165) is 15.0 Å². The number of aryl methyl sites for hydroxylation is 1. The van der Waals surface area contributed by atoms with Crippen LogP contribution in [0.5, 0.6) is 0 Å². The second-order valence-corrected chi connectivity index (χ2v) is 5.17. The van der Waals surface area contributed by atoms with E-state index >= 15 is 0 Å². The molecule has 0 spiro atoms. The molecule has 5 heteroatoms. The van der Waals surface area contributed by atoms with Crippen LogP contribution < -0.4 is 0 Å². The Hall–Kier alpha value is -0.450. The Bertz CT molecular complexity index is 450. The van der Waals surface area contributed by atoms with Crippen molar-refractivity contribution in [3.05, 3.63) is 33.0 Å². The van der Waals surface area contributed by atoms with Gasteiger partial charge in [0.05, 0.1) is 10.6 Å². The monoisotopic (exact) mass is 288 g/mol. The zero-order valence-corrected chi connectivity index (χ0v) is 10.4. The molecule has 14 heavy (non-hydrogen) atoms. The van der Waals surface area contributed by atoms with Gasteiger partial charge < -0.3 is 0 Å². The summed E-state index contributed by atoms with van der Waals surface area (Å²) in [6.07, 6.45) is 1.66. The first kappa shape index (κ1) is 10.1. The van der Waals surface area contributed by atoms with Gasteiger partial charge in [-0.2, -0.15) is 0 Å². The van der Waals surface area contributed by atoms with Gasteiger partial charge in [0.2, 0.25) is 5.28 Å². The van der Waals surface area contributed by atoms with Crippen LogP contribution >= 0.6 is 38.9 Å². The van der Waals surface area contributed by atoms with Gasteiger partial charge in [-0.3, -0.25) is 0 Å². The van der Waals surface area contributed by atoms with Gasteiger partial charge >= 0.3 is 0 Å². The molecule has 0 atom stereocenters. The Morgan fingerprint density at radius 1 is 1.50 bits per heavy atom. The topological polar surface area (TPSA) is 25.8 Å². The van der Waals surface area contributed by atoms with Crippen LogP contribution in [0.2, 0.25) is 5.28 Å². The lowest BCUT2D eigenvalue weighted by atomic mass is 10.3. The normalized spacial score (nSPS) is 10.5. The number of hydrogen-bond donors (Lipinski definition) is 0. The molecule has 0 bridgehead atoms. The van der Waals surface area contributed by atoms with Crippen LogP contribution in [0.4, 0.5) is 0 Å². The van der Waals surface area contributed by atoms with Crippen LogP contribution in [0.25, 0.3) is 10.6 Å². The molecular weight excluding hydrogens is 284 g/mol. The molecule has 0 aliphatic rings. The molecule has 0 amide bonds. The molecule has 2 rings (SSSR count). The maximum absolute atomic E-state index is 5.71. The smallest absolute Gasteiger partial charge is 0.222 e. The molecule has 2 heterocycles. The Morgan fingerprint density at radius 3 is 2.86 bits per heavy atom. The van der Waals surface area contributed by atoms with Gasteiger partial charge in [0.1, 0.15) is 0 Å². The van der Waals surface area contributed by atoms with E-state index in [1.165, 1.54) is 4.88 Å². The lowest BCUT2D eigenvalue weighted by Crippen LogP contribution is -1.83. The van der Waals surface area contributed by atoms with E-state index in [4.69, 9.17) is 11.6 Å². The highest BCUT2D eigenvalue weighted by Gasteiger charge is 2.06. The first-order valence-corrected chi connectivity index (χ1v) is 5.90. The molecule has 0 radical (unpaired) electrons. The van der Waals surface area contributed by atoms with Crippen LogP contribution in [0, 0.1) is 6.92 Å². The molecule has 0 unspecified atom stereocenters. The Morgan fingerprint density at radius 2 is 2.29 bits per heavy atom. The maximum Gasteiger partial charge on any atom is 0.222 e. The van der Waals surface area contributed by atoms with Crippen molar-refractivity contribution in [3.63, 3.8) is 0 Å². The van der Waals surface area contributed by atoms with Crippen LogP contribution in [-0.4, -0.2) is 9.97 Å². The second kappa shape index (κ2) is 3.96. The Kier molecular flexibility index (Phi) is 2.85. The molecule has 2 nitrogen and oxygen atoms in total. The summed E-state index contributed by atoms with van der Waals surface area (Å²) >= 11 is 10.9. The minimum absolute atomic E-state index is 0.282. The van der Waals surface area contributed by atoms with Crippen molar-refractivity contribution in [2.75, 3.05) is 0 Å². The molecule has 0 aliphatic carbocycles. The molecule has 0 aromatic carbocycles. The van der Waals surface area contributed by atoms with Gasteiger partial charge in [0.15, 0.2) is 0 Å². The van der Waals surface area contributed by atoms with E-state index in [9.17, 15) is 0 Å². The van der Waals surface area contributed by atoms with Crippen molar-refractivity contribution in [1.29, 1.82) is 0 Å². The molecule has 0 saturated heterocycles. The molecule has 0 fully saturated rings. The van der Waals surface area contributed by atoms with Crippen molar-refractivity contribution >= 4 is 38.9 Å². The standard InChI is InChI=1S/C9H6BrClN2S/c1-5-6(10)4-8(14-5)7-2-3-12-9(11)13-7/h2-4H,1H3. The average molecular weight is 290 g/mol. The number of rotatable bonds is 1.